The minimum atomic E-state index is -0.431. The summed E-state index contributed by atoms with van der Waals surface area (Å²) in [6, 6.07) is 11.8. The largest absolute Gasteiger partial charge is 0.384 e. The van der Waals surface area contributed by atoms with Crippen LogP contribution in [0.15, 0.2) is 62.6 Å². The fourth-order valence-electron chi connectivity index (χ4n) is 4.50. The van der Waals surface area contributed by atoms with E-state index in [0.29, 0.717) is 34.8 Å². The summed E-state index contributed by atoms with van der Waals surface area (Å²) in [7, 11) is 0. The number of thioether (sulfide) groups is 1. The monoisotopic (exact) mass is 469 g/mol. The van der Waals surface area contributed by atoms with E-state index in [1.165, 1.54) is 0 Å². The van der Waals surface area contributed by atoms with E-state index in [1.807, 2.05) is 34.5 Å². The number of hydrogen-bond acceptors (Lipinski definition) is 6. The molecule has 160 valence electrons. The van der Waals surface area contributed by atoms with Gasteiger partial charge in [0.1, 0.15) is 5.82 Å². The molecule has 1 aromatic heterocycles. The van der Waals surface area contributed by atoms with Crippen LogP contribution >= 0.6 is 34.7 Å². The average Bonchev–Trinajstić information content (AvgIpc) is 3.14. The molecule has 0 spiro atoms. The summed E-state index contributed by atoms with van der Waals surface area (Å²) in [5.74, 6) is 0.946. The number of anilines is 1. The van der Waals surface area contributed by atoms with E-state index < -0.39 is 5.92 Å². The molecule has 1 atom stereocenters. The van der Waals surface area contributed by atoms with Crippen LogP contribution < -0.4 is 10.6 Å². The third-order valence-electron chi connectivity index (χ3n) is 5.69. The summed E-state index contributed by atoms with van der Waals surface area (Å²) >= 11 is 9.66. The van der Waals surface area contributed by atoms with Gasteiger partial charge in [-0.25, -0.2) is 0 Å². The van der Waals surface area contributed by atoms with Crippen molar-refractivity contribution in [3.8, 4) is 6.07 Å². The first-order valence-corrected chi connectivity index (χ1v) is 12.4. The van der Waals surface area contributed by atoms with E-state index in [2.05, 4.69) is 26.8 Å². The quantitative estimate of drug-likeness (QED) is 0.520. The Morgan fingerprint density at radius 2 is 2.13 bits per heavy atom. The van der Waals surface area contributed by atoms with Crippen LogP contribution in [0.25, 0.3) is 0 Å². The van der Waals surface area contributed by atoms with Gasteiger partial charge in [-0.2, -0.15) is 5.26 Å². The van der Waals surface area contributed by atoms with E-state index in [4.69, 9.17) is 17.3 Å². The zero-order chi connectivity index (χ0) is 22.3. The molecule has 2 aromatic rings. The lowest BCUT2D eigenvalue weighted by atomic mass is 9.69. The van der Waals surface area contributed by atoms with Crippen molar-refractivity contribution in [2.45, 2.75) is 43.7 Å². The predicted molar refractivity (Wildman–Crippen MR) is 129 cm³/mol. The zero-order valence-electron chi connectivity index (χ0n) is 17.7. The molecule has 7 heteroatoms. The minimum absolute atomic E-state index is 0.0853. The van der Waals surface area contributed by atoms with Gasteiger partial charge in [0, 0.05) is 28.4 Å². The molecular formula is C24H24ClN3OS2. The van der Waals surface area contributed by atoms with E-state index in [0.717, 1.165) is 26.9 Å². The highest BCUT2D eigenvalue weighted by molar-refractivity contribution is 8.01. The van der Waals surface area contributed by atoms with E-state index >= 15 is 0 Å². The van der Waals surface area contributed by atoms with Crippen molar-refractivity contribution in [1.82, 2.24) is 0 Å². The molecule has 31 heavy (non-hydrogen) atoms. The second-order valence-corrected chi connectivity index (χ2v) is 11.4. The normalized spacial score (nSPS) is 20.7. The number of carbonyl (C=O) groups is 1. The predicted octanol–water partition coefficient (Wildman–Crippen LogP) is 6.45. The van der Waals surface area contributed by atoms with Gasteiger partial charge in [-0.15, -0.1) is 23.1 Å². The van der Waals surface area contributed by atoms with Crippen molar-refractivity contribution in [3.05, 3.63) is 69.0 Å². The Bertz CT molecular complexity index is 1160. The number of nitriles is 1. The van der Waals surface area contributed by atoms with Crippen LogP contribution in [0.5, 0.6) is 0 Å². The smallest absolute Gasteiger partial charge is 0.162 e. The Labute approximate surface area is 196 Å². The van der Waals surface area contributed by atoms with Crippen molar-refractivity contribution in [2.75, 3.05) is 10.7 Å². The van der Waals surface area contributed by atoms with E-state index in [-0.39, 0.29) is 11.2 Å². The number of allylic oxidation sites excluding steroid dienone is 3. The van der Waals surface area contributed by atoms with Crippen molar-refractivity contribution in [2.24, 2.45) is 11.1 Å². The molecule has 0 amide bonds. The lowest BCUT2D eigenvalue weighted by Crippen LogP contribution is -2.42. The maximum absolute atomic E-state index is 13.5. The molecule has 1 aliphatic carbocycles. The highest BCUT2D eigenvalue weighted by atomic mass is 35.5. The van der Waals surface area contributed by atoms with Crippen molar-refractivity contribution in [3.63, 3.8) is 0 Å². The molecule has 0 saturated heterocycles. The van der Waals surface area contributed by atoms with Crippen LogP contribution in [0.2, 0.25) is 5.02 Å². The lowest BCUT2D eigenvalue weighted by molar-refractivity contribution is -0.118. The van der Waals surface area contributed by atoms with Crippen LogP contribution in [-0.4, -0.2) is 11.5 Å². The summed E-state index contributed by atoms with van der Waals surface area (Å²) < 4.78 is 1.13. The topological polar surface area (TPSA) is 70.1 Å². The molecule has 4 nitrogen and oxygen atoms in total. The number of nitrogens with two attached hydrogens (primary N) is 1. The lowest BCUT2D eigenvalue weighted by Gasteiger charge is -2.43. The zero-order valence-corrected chi connectivity index (χ0v) is 20.1. The summed E-state index contributed by atoms with van der Waals surface area (Å²) in [6.07, 6.45) is 1.14. The van der Waals surface area contributed by atoms with Crippen LogP contribution in [-0.2, 0) is 4.79 Å². The van der Waals surface area contributed by atoms with Gasteiger partial charge in [0.25, 0.3) is 0 Å². The van der Waals surface area contributed by atoms with Crippen molar-refractivity contribution >= 4 is 46.2 Å². The third-order valence-corrected chi connectivity index (χ3v) is 8.08. The van der Waals surface area contributed by atoms with Crippen molar-refractivity contribution in [1.29, 1.82) is 5.26 Å². The maximum Gasteiger partial charge on any atom is 0.162 e. The molecule has 0 bridgehead atoms. The summed E-state index contributed by atoms with van der Waals surface area (Å²) in [6.45, 7) is 6.30. The minimum Gasteiger partial charge on any atom is -0.384 e. The average molecular weight is 470 g/mol. The number of nitrogens with zero attached hydrogens (tertiary/aromatic N) is 2. The third kappa shape index (κ3) is 3.91. The van der Waals surface area contributed by atoms with Gasteiger partial charge in [-0.1, -0.05) is 38.4 Å². The number of Topliss-reactive ketones (excluding diaryl/α,β-unsaturated/α-hetero) is 1. The Morgan fingerprint density at radius 1 is 1.35 bits per heavy atom. The summed E-state index contributed by atoms with van der Waals surface area (Å²) in [4.78, 5) is 15.4. The van der Waals surface area contributed by atoms with E-state index in [1.54, 1.807) is 29.2 Å². The van der Waals surface area contributed by atoms with Gasteiger partial charge in [0.15, 0.2) is 5.78 Å². The number of carbonyl (C=O) groups excluding carboxylic acids is 1. The van der Waals surface area contributed by atoms with Gasteiger partial charge < -0.3 is 5.73 Å². The second kappa shape index (κ2) is 8.38. The number of hydrogen-bond donors (Lipinski definition) is 1. The SMILES string of the molecule is CCSc1sccc1C1C(C#N)=C(N)N(c2cccc(Cl)c2)C2=C1C(=O)CC(C)(C)C2. The standard InChI is InChI=1S/C24H24ClN3OS2/c1-4-30-23-16(8-9-31-23)20-17(13-26)22(27)28(15-7-5-6-14(25)10-15)18-11-24(2,3)12-19(29)21(18)20/h5-10,20H,4,11-12,27H2,1-3H3. The first kappa shape index (κ1) is 22.0. The Kier molecular flexibility index (Phi) is 5.95. The Balaban J connectivity index is 2.00. The second-order valence-electron chi connectivity index (χ2n) is 8.56. The molecule has 0 radical (unpaired) electrons. The van der Waals surface area contributed by atoms with Crippen molar-refractivity contribution < 1.29 is 4.79 Å². The van der Waals surface area contributed by atoms with Crippen LogP contribution in [0.4, 0.5) is 5.69 Å². The van der Waals surface area contributed by atoms with Gasteiger partial charge in [-0.3, -0.25) is 9.69 Å². The Morgan fingerprint density at radius 3 is 2.81 bits per heavy atom. The molecule has 1 aromatic carbocycles. The number of rotatable bonds is 4. The Hall–Kier alpha value is -2.20. The van der Waals surface area contributed by atoms with E-state index in [9.17, 15) is 10.1 Å². The highest BCUT2D eigenvalue weighted by Crippen LogP contribution is 2.52. The molecule has 1 unspecified atom stereocenters. The molecule has 1 aliphatic heterocycles. The molecule has 0 fully saturated rings. The molecule has 0 saturated carbocycles. The first-order chi connectivity index (χ1) is 14.8. The fraction of sp³-hybridized carbons (Fsp3) is 0.333. The number of benzene rings is 1. The summed E-state index contributed by atoms with van der Waals surface area (Å²) in [5, 5.41) is 12.8. The van der Waals surface area contributed by atoms with Crippen LogP contribution in [0.1, 0.15) is 45.1 Å². The van der Waals surface area contributed by atoms with Gasteiger partial charge >= 0.3 is 0 Å². The van der Waals surface area contributed by atoms with Gasteiger partial charge in [0.2, 0.25) is 0 Å². The summed E-state index contributed by atoms with van der Waals surface area (Å²) in [5.41, 5.74) is 10.2. The first-order valence-electron chi connectivity index (χ1n) is 10.2. The molecular weight excluding hydrogens is 446 g/mol. The van der Waals surface area contributed by atoms with Crippen LogP contribution in [0.3, 0.4) is 0 Å². The van der Waals surface area contributed by atoms with Gasteiger partial charge in [-0.05, 0) is 52.8 Å². The molecule has 4 rings (SSSR count). The molecule has 2 N–H and O–H groups in total. The number of halogens is 1. The van der Waals surface area contributed by atoms with Gasteiger partial charge in [0.05, 0.1) is 21.8 Å². The molecule has 2 heterocycles. The maximum atomic E-state index is 13.5. The highest BCUT2D eigenvalue weighted by Gasteiger charge is 2.45. The number of thiophene rings is 1. The number of ketones is 1. The van der Waals surface area contributed by atoms with Crippen LogP contribution in [0, 0.1) is 16.7 Å². The molecule has 2 aliphatic rings. The fourth-order valence-corrected chi connectivity index (χ4v) is 6.75.